The second kappa shape index (κ2) is 7.65. The molecule has 1 fully saturated rings. The highest BCUT2D eigenvalue weighted by molar-refractivity contribution is 8.00. The van der Waals surface area contributed by atoms with Gasteiger partial charge >= 0.3 is 12.4 Å². The molecule has 0 aliphatic carbocycles. The number of rotatable bonds is 5. The van der Waals surface area contributed by atoms with Crippen LogP contribution < -0.4 is 20.7 Å². The quantitative estimate of drug-likeness (QED) is 0.752. The molecule has 1 aliphatic heterocycles. The molecule has 0 radical (unpaired) electrons. The predicted octanol–water partition coefficient (Wildman–Crippen LogP) is 2.67. The Kier molecular flexibility index (Phi) is 5.81. The molecule has 0 saturated carbocycles. The number of carbonyl (C=O) groups excluding carboxylic acids is 2. The summed E-state index contributed by atoms with van der Waals surface area (Å²) in [6.07, 6.45) is -4.06. The molecule has 0 aromatic heterocycles. The Bertz CT molecular complexity index is 595. The average Bonchev–Trinajstić information content (AvgIpc) is 2.45. The molecule has 2 unspecified atom stereocenters. The molecule has 1 aromatic rings. The van der Waals surface area contributed by atoms with Gasteiger partial charge < -0.3 is 20.7 Å². The Hall–Kier alpha value is -2.10. The number of urea groups is 1. The summed E-state index contributed by atoms with van der Waals surface area (Å²) in [6.45, 7) is 1.87. The molecule has 24 heavy (non-hydrogen) atoms. The van der Waals surface area contributed by atoms with Gasteiger partial charge in [0.25, 0.3) is 0 Å². The van der Waals surface area contributed by atoms with E-state index in [4.69, 9.17) is 0 Å². The van der Waals surface area contributed by atoms with Gasteiger partial charge in [-0.15, -0.1) is 24.9 Å². The van der Waals surface area contributed by atoms with Crippen LogP contribution in [0.2, 0.25) is 0 Å². The smallest absolute Gasteiger partial charge is 0.406 e. The first-order valence-corrected chi connectivity index (χ1v) is 8.10. The van der Waals surface area contributed by atoms with Crippen LogP contribution in [0.25, 0.3) is 0 Å². The number of nitrogens with one attached hydrogen (secondary N) is 3. The maximum atomic E-state index is 12.1. The summed E-state index contributed by atoms with van der Waals surface area (Å²) in [6, 6.07) is 4.62. The van der Waals surface area contributed by atoms with Crippen molar-refractivity contribution >= 4 is 29.4 Å². The van der Waals surface area contributed by atoms with E-state index in [0.29, 0.717) is 12.1 Å². The molecule has 6 nitrogen and oxygen atoms in total. The Morgan fingerprint density at radius 1 is 1.33 bits per heavy atom. The summed E-state index contributed by atoms with van der Waals surface area (Å²) in [7, 11) is 0. The molecule has 2 atom stereocenters. The molecule has 3 amide bonds. The van der Waals surface area contributed by atoms with Gasteiger partial charge in [-0.2, -0.15) is 0 Å². The molecule has 0 bridgehead atoms. The van der Waals surface area contributed by atoms with Crippen LogP contribution >= 0.6 is 11.8 Å². The van der Waals surface area contributed by atoms with Crippen LogP contribution in [0.15, 0.2) is 24.3 Å². The minimum atomic E-state index is -4.75. The Labute approximate surface area is 140 Å². The topological polar surface area (TPSA) is 79.5 Å². The highest BCUT2D eigenvalue weighted by Gasteiger charge is 2.31. The van der Waals surface area contributed by atoms with Crippen LogP contribution in [0.5, 0.6) is 5.75 Å². The maximum absolute atomic E-state index is 12.1. The molecule has 2 rings (SSSR count). The van der Waals surface area contributed by atoms with E-state index in [1.807, 2.05) is 6.92 Å². The second-order valence-corrected chi connectivity index (χ2v) is 6.37. The molecule has 132 valence electrons. The van der Waals surface area contributed by atoms with Crippen molar-refractivity contribution in [2.45, 2.75) is 31.1 Å². The summed E-state index contributed by atoms with van der Waals surface area (Å²) < 4.78 is 39.9. The predicted molar refractivity (Wildman–Crippen MR) is 83.7 cm³/mol. The van der Waals surface area contributed by atoms with Crippen molar-refractivity contribution in [2.24, 2.45) is 0 Å². The van der Waals surface area contributed by atoms with Crippen LogP contribution in [0.3, 0.4) is 0 Å². The number of anilines is 1. The molecule has 0 spiro atoms. The average molecular weight is 363 g/mol. The van der Waals surface area contributed by atoms with Gasteiger partial charge in [-0.25, -0.2) is 4.79 Å². The third kappa shape index (κ3) is 6.19. The van der Waals surface area contributed by atoms with E-state index in [9.17, 15) is 22.8 Å². The summed E-state index contributed by atoms with van der Waals surface area (Å²) in [4.78, 5) is 23.2. The van der Waals surface area contributed by atoms with Crippen molar-refractivity contribution in [2.75, 3.05) is 11.1 Å². The van der Waals surface area contributed by atoms with Crippen molar-refractivity contribution < 1.29 is 27.5 Å². The molecule has 10 heteroatoms. The van der Waals surface area contributed by atoms with Crippen LogP contribution in [-0.2, 0) is 4.79 Å². The normalized spacial score (nSPS) is 20.8. The monoisotopic (exact) mass is 363 g/mol. The molecule has 1 saturated heterocycles. The lowest BCUT2D eigenvalue weighted by molar-refractivity contribution is -0.274. The van der Waals surface area contributed by atoms with Gasteiger partial charge in [0.2, 0.25) is 5.91 Å². The number of hydrogen-bond acceptors (Lipinski definition) is 4. The van der Waals surface area contributed by atoms with Gasteiger partial charge in [0, 0.05) is 11.7 Å². The number of thioether (sulfide) groups is 1. The Morgan fingerprint density at radius 3 is 2.58 bits per heavy atom. The summed E-state index contributed by atoms with van der Waals surface area (Å²) in [5, 5.41) is 7.81. The van der Waals surface area contributed by atoms with Crippen molar-refractivity contribution in [1.82, 2.24) is 10.6 Å². The molecular formula is C14H16F3N3O3S. The number of alkyl halides is 3. The van der Waals surface area contributed by atoms with E-state index in [2.05, 4.69) is 20.7 Å². The maximum Gasteiger partial charge on any atom is 0.573 e. The first kappa shape index (κ1) is 18.2. The van der Waals surface area contributed by atoms with E-state index in [0.717, 1.165) is 12.1 Å². The zero-order valence-corrected chi connectivity index (χ0v) is 13.5. The van der Waals surface area contributed by atoms with Gasteiger partial charge in [0.1, 0.15) is 5.75 Å². The minimum Gasteiger partial charge on any atom is -0.406 e. The van der Waals surface area contributed by atoms with Crippen molar-refractivity contribution in [3.8, 4) is 5.75 Å². The lowest BCUT2D eigenvalue weighted by Crippen LogP contribution is -2.52. The zero-order chi connectivity index (χ0) is 17.7. The lowest BCUT2D eigenvalue weighted by atomic mass is 10.2. The number of hydrogen-bond donors (Lipinski definition) is 3. The van der Waals surface area contributed by atoms with Gasteiger partial charge in [0.15, 0.2) is 0 Å². The van der Waals surface area contributed by atoms with E-state index in [1.165, 1.54) is 23.9 Å². The first-order valence-electron chi connectivity index (χ1n) is 7.05. The Balaban J connectivity index is 1.79. The van der Waals surface area contributed by atoms with Crippen molar-refractivity contribution in [3.05, 3.63) is 24.3 Å². The van der Waals surface area contributed by atoms with E-state index < -0.39 is 6.36 Å². The fourth-order valence-electron chi connectivity index (χ4n) is 2.07. The van der Waals surface area contributed by atoms with Gasteiger partial charge in [0.05, 0.1) is 11.1 Å². The summed E-state index contributed by atoms with van der Waals surface area (Å²) in [5.74, 6) is -0.565. The summed E-state index contributed by atoms with van der Waals surface area (Å²) >= 11 is 1.29. The van der Waals surface area contributed by atoms with Crippen LogP contribution in [0, 0.1) is 0 Å². The number of ether oxygens (including phenoxy) is 1. The zero-order valence-electron chi connectivity index (χ0n) is 12.6. The third-order valence-corrected chi connectivity index (χ3v) is 4.17. The van der Waals surface area contributed by atoms with Gasteiger partial charge in [-0.1, -0.05) is 0 Å². The Morgan fingerprint density at radius 2 is 2.00 bits per heavy atom. The lowest BCUT2D eigenvalue weighted by Gasteiger charge is -2.28. The van der Waals surface area contributed by atoms with Crippen LogP contribution in [-0.4, -0.2) is 35.5 Å². The van der Waals surface area contributed by atoms with Crippen molar-refractivity contribution in [3.63, 3.8) is 0 Å². The standard InChI is InChI=1S/C14H16F3N3O3S/c1-8-6-12(20-13(22)18-8)24-7-11(21)19-9-2-4-10(5-3-9)23-14(15,16)17/h2-5,8,12H,6-7H2,1H3,(H,19,21)(H2,18,20,22). The first-order chi connectivity index (χ1) is 11.2. The number of benzene rings is 1. The molecular weight excluding hydrogens is 347 g/mol. The largest absolute Gasteiger partial charge is 0.573 e. The highest BCUT2D eigenvalue weighted by atomic mass is 32.2. The molecule has 1 heterocycles. The SMILES string of the molecule is CC1CC(SCC(=O)Nc2ccc(OC(F)(F)F)cc2)NC(=O)N1. The van der Waals surface area contributed by atoms with Crippen LogP contribution in [0.4, 0.5) is 23.7 Å². The summed E-state index contributed by atoms with van der Waals surface area (Å²) in [5.41, 5.74) is 0.359. The molecule has 3 N–H and O–H groups in total. The van der Waals surface area contributed by atoms with E-state index in [1.54, 1.807) is 0 Å². The van der Waals surface area contributed by atoms with Gasteiger partial charge in [-0.05, 0) is 37.6 Å². The molecule has 1 aliphatic rings. The fourth-order valence-corrected chi connectivity index (χ4v) is 3.11. The minimum absolute atomic E-state index is 0.0282. The highest BCUT2D eigenvalue weighted by Crippen LogP contribution is 2.24. The van der Waals surface area contributed by atoms with E-state index in [-0.39, 0.29) is 34.9 Å². The fraction of sp³-hybridized carbons (Fsp3) is 0.429. The third-order valence-electron chi connectivity index (χ3n) is 3.02. The van der Waals surface area contributed by atoms with E-state index >= 15 is 0 Å². The molecule has 1 aromatic carbocycles. The van der Waals surface area contributed by atoms with Crippen molar-refractivity contribution in [1.29, 1.82) is 0 Å². The number of amides is 3. The van der Waals surface area contributed by atoms with Gasteiger partial charge in [-0.3, -0.25) is 4.79 Å². The number of halogens is 3. The van der Waals surface area contributed by atoms with Crippen LogP contribution in [0.1, 0.15) is 13.3 Å². The number of carbonyl (C=O) groups is 2. The second-order valence-electron chi connectivity index (χ2n) is 5.17.